The fourth-order valence-corrected chi connectivity index (χ4v) is 4.14. The average molecular weight is 504 g/mol. The molecule has 0 spiro atoms. The molecule has 0 saturated carbocycles. The zero-order valence-corrected chi connectivity index (χ0v) is 19.6. The highest BCUT2D eigenvalue weighted by atomic mass is 19.4. The minimum atomic E-state index is -5.08. The Kier molecular flexibility index (Phi) is 9.38. The summed E-state index contributed by atoms with van der Waals surface area (Å²) in [5.74, 6) is -2.09. The van der Waals surface area contributed by atoms with Gasteiger partial charge in [0.2, 0.25) is 0 Å². The second kappa shape index (κ2) is 12.5. The number of rotatable bonds is 7. The Morgan fingerprint density at radius 1 is 1.00 bits per heavy atom. The van der Waals surface area contributed by atoms with Crippen LogP contribution in [0, 0.1) is 16.0 Å². The number of benzene rings is 3. The maximum Gasteiger partial charge on any atom is 0.490 e. The fraction of sp³-hybridized carbons (Fsp3) is 0.346. The first-order chi connectivity index (χ1) is 17.1. The molecule has 3 aromatic rings. The molecule has 0 radical (unpaired) electrons. The molecule has 4 rings (SSSR count). The van der Waals surface area contributed by atoms with Crippen molar-refractivity contribution in [2.75, 3.05) is 19.6 Å². The van der Waals surface area contributed by atoms with Crippen LogP contribution in [0.15, 0.2) is 66.7 Å². The summed E-state index contributed by atoms with van der Waals surface area (Å²) < 4.78 is 31.7. The molecule has 1 saturated heterocycles. The van der Waals surface area contributed by atoms with Crippen LogP contribution >= 0.6 is 0 Å². The summed E-state index contributed by atoms with van der Waals surface area (Å²) in [6, 6.07) is 22.2. The highest BCUT2D eigenvalue weighted by Crippen LogP contribution is 2.21. The molecule has 1 heterocycles. The number of nitro benzene ring substituents is 1. The van der Waals surface area contributed by atoms with Crippen molar-refractivity contribution in [3.63, 3.8) is 0 Å². The van der Waals surface area contributed by atoms with Gasteiger partial charge in [-0.05, 0) is 66.4 Å². The molecule has 10 heteroatoms. The van der Waals surface area contributed by atoms with Gasteiger partial charge in [-0.15, -0.1) is 0 Å². The molecule has 36 heavy (non-hydrogen) atoms. The number of carboxylic acids is 1. The van der Waals surface area contributed by atoms with E-state index in [-0.39, 0.29) is 10.6 Å². The van der Waals surface area contributed by atoms with Gasteiger partial charge in [0.05, 0.1) is 4.92 Å². The van der Waals surface area contributed by atoms with Crippen molar-refractivity contribution in [3.8, 4) is 0 Å². The van der Waals surface area contributed by atoms with E-state index in [0.717, 1.165) is 31.7 Å². The van der Waals surface area contributed by atoms with E-state index in [4.69, 9.17) is 9.90 Å². The molecule has 1 fully saturated rings. The largest absolute Gasteiger partial charge is 0.490 e. The quantitative estimate of drug-likeness (QED) is 0.332. The lowest BCUT2D eigenvalue weighted by Crippen LogP contribution is -2.36. The normalized spacial score (nSPS) is 14.8. The number of hydrogen-bond acceptors (Lipinski definition) is 5. The molecule has 0 bridgehead atoms. The van der Waals surface area contributed by atoms with Crippen LogP contribution in [0.2, 0.25) is 0 Å². The first-order valence-electron chi connectivity index (χ1n) is 11.6. The number of nitrogens with one attached hydrogen (secondary N) is 1. The molecule has 0 aliphatic carbocycles. The van der Waals surface area contributed by atoms with E-state index in [1.54, 1.807) is 12.1 Å². The molecule has 0 unspecified atom stereocenters. The number of alkyl halides is 3. The Balaban J connectivity index is 0.000000454. The maximum absolute atomic E-state index is 10.9. The number of carbonyl (C=O) groups is 1. The van der Waals surface area contributed by atoms with Crippen LogP contribution in [-0.4, -0.2) is 46.7 Å². The molecule has 1 aliphatic rings. The van der Waals surface area contributed by atoms with Crippen molar-refractivity contribution >= 4 is 22.4 Å². The van der Waals surface area contributed by atoms with Gasteiger partial charge < -0.3 is 10.4 Å². The van der Waals surface area contributed by atoms with Gasteiger partial charge in [-0.25, -0.2) is 4.79 Å². The first-order valence-corrected chi connectivity index (χ1v) is 11.6. The van der Waals surface area contributed by atoms with Crippen LogP contribution < -0.4 is 5.32 Å². The van der Waals surface area contributed by atoms with Crippen molar-refractivity contribution in [2.45, 2.75) is 32.1 Å². The minimum Gasteiger partial charge on any atom is -0.475 e. The second-order valence-electron chi connectivity index (χ2n) is 8.76. The Hall–Kier alpha value is -3.50. The number of nitrogens with zero attached hydrogens (tertiary/aromatic N) is 2. The van der Waals surface area contributed by atoms with Crippen molar-refractivity contribution in [1.29, 1.82) is 0 Å². The Morgan fingerprint density at radius 3 is 2.31 bits per heavy atom. The van der Waals surface area contributed by atoms with E-state index < -0.39 is 12.1 Å². The summed E-state index contributed by atoms with van der Waals surface area (Å²) in [6.45, 7) is 4.90. The Labute approximate surface area is 206 Å². The molecule has 0 atom stereocenters. The number of halogens is 3. The van der Waals surface area contributed by atoms with Crippen molar-refractivity contribution in [3.05, 3.63) is 88.0 Å². The van der Waals surface area contributed by atoms with Crippen molar-refractivity contribution in [1.82, 2.24) is 10.2 Å². The van der Waals surface area contributed by atoms with Gasteiger partial charge in [0.25, 0.3) is 5.69 Å². The number of piperidine rings is 1. The van der Waals surface area contributed by atoms with Gasteiger partial charge in [-0.3, -0.25) is 15.0 Å². The summed E-state index contributed by atoms with van der Waals surface area (Å²) >= 11 is 0. The highest BCUT2D eigenvalue weighted by molar-refractivity contribution is 5.82. The fourth-order valence-electron chi connectivity index (χ4n) is 4.14. The highest BCUT2D eigenvalue weighted by Gasteiger charge is 2.38. The summed E-state index contributed by atoms with van der Waals surface area (Å²) in [5.41, 5.74) is 2.50. The lowest BCUT2D eigenvalue weighted by Gasteiger charge is -2.32. The molecule has 1 aliphatic heterocycles. The number of likely N-dealkylation sites (tertiary alicyclic amines) is 1. The number of hydrogen-bond donors (Lipinski definition) is 2. The van der Waals surface area contributed by atoms with E-state index in [2.05, 4.69) is 52.7 Å². The summed E-state index contributed by atoms with van der Waals surface area (Å²) in [5, 5.41) is 24.1. The predicted octanol–water partition coefficient (Wildman–Crippen LogP) is 5.38. The third-order valence-corrected chi connectivity index (χ3v) is 6.05. The molecular formula is C26H28F3N3O4. The first kappa shape index (κ1) is 27.1. The third-order valence-electron chi connectivity index (χ3n) is 6.05. The van der Waals surface area contributed by atoms with Crippen LogP contribution in [0.4, 0.5) is 18.9 Å². The van der Waals surface area contributed by atoms with Gasteiger partial charge in [0, 0.05) is 25.2 Å². The third kappa shape index (κ3) is 8.31. The number of nitro groups is 1. The SMILES string of the molecule is O=C(O)C(F)(F)F.O=[N+]([O-])c1cccc(CNCC2CCN(Cc3ccc4ccccc4c3)CC2)c1. The van der Waals surface area contributed by atoms with Crippen LogP contribution in [0.3, 0.4) is 0 Å². The molecule has 0 aromatic heterocycles. The van der Waals surface area contributed by atoms with Crippen LogP contribution in [0.1, 0.15) is 24.0 Å². The maximum atomic E-state index is 10.9. The van der Waals surface area contributed by atoms with Crippen LogP contribution in [0.25, 0.3) is 10.8 Å². The second-order valence-corrected chi connectivity index (χ2v) is 8.76. The van der Waals surface area contributed by atoms with Crippen molar-refractivity contribution < 1.29 is 28.0 Å². The van der Waals surface area contributed by atoms with E-state index in [1.807, 2.05) is 6.07 Å². The standard InChI is InChI=1S/C24H27N3O2.C2HF3O2/c28-27(29)24-7-3-4-20(15-24)17-25-16-19-10-12-26(13-11-19)18-21-8-9-22-5-1-2-6-23(22)14-21;3-2(4,5)1(6)7/h1-9,14-15,19,25H,10-13,16-18H2;(H,6,7). The van der Waals surface area contributed by atoms with E-state index in [9.17, 15) is 23.3 Å². The molecule has 2 N–H and O–H groups in total. The smallest absolute Gasteiger partial charge is 0.475 e. The van der Waals surface area contributed by atoms with Crippen LogP contribution in [-0.2, 0) is 17.9 Å². The summed E-state index contributed by atoms with van der Waals surface area (Å²) in [6.07, 6.45) is -2.70. The van der Waals surface area contributed by atoms with Gasteiger partial charge >= 0.3 is 12.1 Å². The van der Waals surface area contributed by atoms with Crippen molar-refractivity contribution in [2.24, 2.45) is 5.92 Å². The van der Waals surface area contributed by atoms with E-state index in [0.29, 0.717) is 12.5 Å². The Morgan fingerprint density at radius 2 is 1.67 bits per heavy atom. The molecule has 3 aromatic carbocycles. The predicted molar refractivity (Wildman–Crippen MR) is 130 cm³/mol. The van der Waals surface area contributed by atoms with E-state index in [1.165, 1.54) is 35.2 Å². The van der Waals surface area contributed by atoms with E-state index >= 15 is 0 Å². The minimum absolute atomic E-state index is 0.159. The molecule has 0 amide bonds. The van der Waals surface area contributed by atoms with Gasteiger partial charge in [0.1, 0.15) is 0 Å². The van der Waals surface area contributed by atoms with Gasteiger partial charge in [0.15, 0.2) is 0 Å². The van der Waals surface area contributed by atoms with Crippen LogP contribution in [0.5, 0.6) is 0 Å². The lowest BCUT2D eigenvalue weighted by molar-refractivity contribution is -0.384. The number of non-ortho nitro benzene ring substituents is 1. The average Bonchev–Trinajstić information content (AvgIpc) is 2.85. The summed E-state index contributed by atoms with van der Waals surface area (Å²) in [4.78, 5) is 22.0. The molecular weight excluding hydrogens is 475 g/mol. The number of fused-ring (bicyclic) bond motifs is 1. The monoisotopic (exact) mass is 503 g/mol. The molecule has 192 valence electrons. The molecule has 7 nitrogen and oxygen atoms in total. The Bertz CT molecular complexity index is 1180. The topological polar surface area (TPSA) is 95.7 Å². The summed E-state index contributed by atoms with van der Waals surface area (Å²) in [7, 11) is 0. The number of aliphatic carboxylic acids is 1. The lowest BCUT2D eigenvalue weighted by atomic mass is 9.96. The van der Waals surface area contributed by atoms with Gasteiger partial charge in [-0.1, -0.05) is 48.5 Å². The van der Waals surface area contributed by atoms with Gasteiger partial charge in [-0.2, -0.15) is 13.2 Å². The zero-order valence-electron chi connectivity index (χ0n) is 19.6. The number of carboxylic acid groups (broad SMARTS) is 1. The zero-order chi connectivity index (χ0) is 26.1.